The smallest absolute Gasteiger partial charge is 0.288 e. The van der Waals surface area contributed by atoms with E-state index < -0.39 is 5.54 Å². The summed E-state index contributed by atoms with van der Waals surface area (Å²) in [5.41, 5.74) is 0.380. The van der Waals surface area contributed by atoms with E-state index in [2.05, 4.69) is 10.4 Å². The molecule has 2 heterocycles. The van der Waals surface area contributed by atoms with Gasteiger partial charge in [0.05, 0.1) is 30.6 Å². The van der Waals surface area contributed by atoms with Crippen molar-refractivity contribution in [2.45, 2.75) is 39.3 Å². The van der Waals surface area contributed by atoms with Gasteiger partial charge in [0, 0.05) is 5.39 Å². The minimum absolute atomic E-state index is 0.107. The molecule has 6 nitrogen and oxygen atoms in total. The van der Waals surface area contributed by atoms with Crippen LogP contribution in [0.2, 0.25) is 5.02 Å². The van der Waals surface area contributed by atoms with Crippen LogP contribution in [0.1, 0.15) is 39.5 Å². The number of para-hydroxylation sites is 1. The largest absolute Gasteiger partial charge is 0.493 e. The summed E-state index contributed by atoms with van der Waals surface area (Å²) in [4.78, 5) is 12.5. The van der Waals surface area contributed by atoms with Crippen molar-refractivity contribution in [3.05, 3.63) is 51.6 Å². The van der Waals surface area contributed by atoms with Gasteiger partial charge in [0.15, 0.2) is 11.3 Å². The van der Waals surface area contributed by atoms with Gasteiger partial charge >= 0.3 is 0 Å². The van der Waals surface area contributed by atoms with Crippen molar-refractivity contribution in [3.63, 3.8) is 0 Å². The predicted molar refractivity (Wildman–Crippen MR) is 103 cm³/mol. The summed E-state index contributed by atoms with van der Waals surface area (Å²) in [6, 6.07) is 7.44. The summed E-state index contributed by atoms with van der Waals surface area (Å²) in [5, 5.41) is 8.49. The molecule has 7 heteroatoms. The summed E-state index contributed by atoms with van der Waals surface area (Å²) in [5.74, 6) is 1.38. The van der Waals surface area contributed by atoms with E-state index in [1.54, 1.807) is 13.3 Å². The number of nitrogens with one attached hydrogen (secondary N) is 1. The zero-order valence-electron chi connectivity index (χ0n) is 15.5. The first kappa shape index (κ1) is 18.3. The molecule has 0 saturated heterocycles. The second-order valence-electron chi connectivity index (χ2n) is 7.15. The molecule has 0 bridgehead atoms. The number of fused-ring (bicyclic) bond motifs is 1. The Morgan fingerprint density at radius 2 is 2.08 bits per heavy atom. The number of rotatable bonds is 4. The Labute approximate surface area is 156 Å². The number of hydrogen-bond donors (Lipinski definition) is 1. The van der Waals surface area contributed by atoms with E-state index in [9.17, 15) is 4.79 Å². The number of benzene rings is 1. The summed E-state index contributed by atoms with van der Waals surface area (Å²) >= 11 is 6.28. The first-order chi connectivity index (χ1) is 12.2. The molecule has 2 aromatic heterocycles. The number of ether oxygens (including phenoxy) is 1. The molecule has 0 fully saturated rings. The van der Waals surface area contributed by atoms with Gasteiger partial charge in [-0.15, -0.1) is 0 Å². The van der Waals surface area contributed by atoms with Gasteiger partial charge in [-0.3, -0.25) is 4.79 Å². The first-order valence-corrected chi connectivity index (χ1v) is 8.71. The quantitative estimate of drug-likeness (QED) is 0.722. The van der Waals surface area contributed by atoms with Crippen LogP contribution in [0, 0.1) is 0 Å². The number of furan rings is 1. The van der Waals surface area contributed by atoms with E-state index in [-0.39, 0.29) is 16.6 Å². The summed E-state index contributed by atoms with van der Waals surface area (Å²) in [6.45, 7) is 7.62. The number of methoxy groups -OCH3 is 1. The Morgan fingerprint density at radius 1 is 1.35 bits per heavy atom. The van der Waals surface area contributed by atoms with E-state index in [1.807, 2.05) is 52.0 Å². The van der Waals surface area contributed by atoms with Crippen LogP contribution in [0.3, 0.4) is 0 Å². The molecule has 1 N–H and O–H groups in total. The average molecular weight is 376 g/mol. The molecule has 3 rings (SSSR count). The molecule has 1 unspecified atom stereocenters. The monoisotopic (exact) mass is 375 g/mol. The highest BCUT2D eigenvalue weighted by Gasteiger charge is 2.21. The fourth-order valence-corrected chi connectivity index (χ4v) is 2.93. The SMILES string of the molecule is COc1cccc2cc(C(C)Nc3cnn(C(C)(C)C)c(=O)c3Cl)oc12. The lowest BCUT2D eigenvalue weighted by molar-refractivity contribution is 0.338. The minimum Gasteiger partial charge on any atom is -0.493 e. The topological polar surface area (TPSA) is 69.3 Å². The van der Waals surface area contributed by atoms with Crippen LogP contribution in [0.15, 0.2) is 39.7 Å². The molecule has 1 aromatic carbocycles. The van der Waals surface area contributed by atoms with Gasteiger partial charge in [-0.1, -0.05) is 23.7 Å². The second kappa shape index (κ2) is 6.68. The highest BCUT2D eigenvalue weighted by atomic mass is 35.5. The van der Waals surface area contributed by atoms with Gasteiger partial charge in [-0.05, 0) is 39.8 Å². The number of halogens is 1. The Bertz CT molecular complexity index is 1000. The maximum absolute atomic E-state index is 12.5. The maximum atomic E-state index is 12.5. The van der Waals surface area contributed by atoms with E-state index in [0.29, 0.717) is 22.8 Å². The summed E-state index contributed by atoms with van der Waals surface area (Å²) in [6.07, 6.45) is 1.56. The molecule has 138 valence electrons. The van der Waals surface area contributed by atoms with Crippen LogP contribution in [0.25, 0.3) is 11.0 Å². The Morgan fingerprint density at radius 3 is 2.73 bits per heavy atom. The molecule has 0 radical (unpaired) electrons. The van der Waals surface area contributed by atoms with Gasteiger partial charge in [0.2, 0.25) is 0 Å². The third-order valence-corrected chi connectivity index (χ3v) is 4.47. The fraction of sp³-hybridized carbons (Fsp3) is 0.368. The number of nitrogens with zero attached hydrogens (tertiary/aromatic N) is 2. The molecule has 0 spiro atoms. The first-order valence-electron chi connectivity index (χ1n) is 8.33. The standard InChI is InChI=1S/C19H22ClN3O3/c1-11(15-9-12-7-6-8-14(25-5)17(12)26-15)22-13-10-21-23(19(2,3)4)18(24)16(13)20/h6-11,22H,1-5H3. The molecule has 0 saturated carbocycles. The molecule has 0 aliphatic heterocycles. The lowest BCUT2D eigenvalue weighted by Crippen LogP contribution is -2.36. The molecular formula is C19H22ClN3O3. The van der Waals surface area contributed by atoms with Crippen LogP contribution < -0.4 is 15.6 Å². The van der Waals surface area contributed by atoms with Crippen LogP contribution in [0.5, 0.6) is 5.75 Å². The van der Waals surface area contributed by atoms with Crippen LogP contribution >= 0.6 is 11.6 Å². The molecule has 0 aliphatic rings. The van der Waals surface area contributed by atoms with Gasteiger partial charge < -0.3 is 14.5 Å². The number of hydrogen-bond acceptors (Lipinski definition) is 5. The Kier molecular flexibility index (Phi) is 4.71. The van der Waals surface area contributed by atoms with Gasteiger partial charge in [0.1, 0.15) is 10.8 Å². The van der Waals surface area contributed by atoms with E-state index in [1.165, 1.54) is 4.68 Å². The number of anilines is 1. The molecular weight excluding hydrogens is 354 g/mol. The van der Waals surface area contributed by atoms with Crippen LogP contribution in [-0.2, 0) is 5.54 Å². The third kappa shape index (κ3) is 3.29. The molecule has 1 atom stereocenters. The lowest BCUT2D eigenvalue weighted by atomic mass is 10.1. The van der Waals surface area contributed by atoms with Crippen molar-refractivity contribution in [1.29, 1.82) is 0 Å². The van der Waals surface area contributed by atoms with Crippen molar-refractivity contribution in [2.24, 2.45) is 0 Å². The van der Waals surface area contributed by atoms with Crippen LogP contribution in [0.4, 0.5) is 5.69 Å². The van der Waals surface area contributed by atoms with Gasteiger partial charge in [-0.25, -0.2) is 4.68 Å². The zero-order chi connectivity index (χ0) is 19.1. The molecule has 0 aliphatic carbocycles. The summed E-state index contributed by atoms with van der Waals surface area (Å²) in [7, 11) is 1.61. The van der Waals surface area contributed by atoms with Crippen molar-refractivity contribution in [2.75, 3.05) is 12.4 Å². The van der Waals surface area contributed by atoms with Crippen molar-refractivity contribution in [3.8, 4) is 5.75 Å². The average Bonchev–Trinajstić information content (AvgIpc) is 3.02. The van der Waals surface area contributed by atoms with Crippen molar-refractivity contribution < 1.29 is 9.15 Å². The maximum Gasteiger partial charge on any atom is 0.288 e. The molecule has 26 heavy (non-hydrogen) atoms. The highest BCUT2D eigenvalue weighted by molar-refractivity contribution is 6.32. The third-order valence-electron chi connectivity index (χ3n) is 4.10. The second-order valence-corrected chi connectivity index (χ2v) is 7.53. The Hall–Kier alpha value is -2.47. The lowest BCUT2D eigenvalue weighted by Gasteiger charge is -2.22. The normalized spacial score (nSPS) is 13.0. The molecule has 0 amide bonds. The van der Waals surface area contributed by atoms with Gasteiger partial charge in [-0.2, -0.15) is 5.10 Å². The fourth-order valence-electron chi connectivity index (χ4n) is 2.75. The summed E-state index contributed by atoms with van der Waals surface area (Å²) < 4.78 is 12.6. The number of aromatic nitrogens is 2. The predicted octanol–water partition coefficient (Wildman–Crippen LogP) is 4.58. The van der Waals surface area contributed by atoms with Gasteiger partial charge in [0.25, 0.3) is 5.56 Å². The van der Waals surface area contributed by atoms with Crippen LogP contribution in [-0.4, -0.2) is 16.9 Å². The van der Waals surface area contributed by atoms with E-state index >= 15 is 0 Å². The zero-order valence-corrected chi connectivity index (χ0v) is 16.2. The minimum atomic E-state index is -0.444. The van der Waals surface area contributed by atoms with Crippen molar-refractivity contribution >= 4 is 28.3 Å². The van der Waals surface area contributed by atoms with E-state index in [4.69, 9.17) is 20.8 Å². The molecule has 3 aromatic rings. The van der Waals surface area contributed by atoms with Crippen molar-refractivity contribution in [1.82, 2.24) is 9.78 Å². The Balaban J connectivity index is 1.92. The van der Waals surface area contributed by atoms with E-state index in [0.717, 1.165) is 5.39 Å². The highest BCUT2D eigenvalue weighted by Crippen LogP contribution is 2.32.